The van der Waals surface area contributed by atoms with E-state index in [1.165, 1.54) is 0 Å². The molecule has 2 aromatic rings. The Morgan fingerprint density at radius 1 is 1.44 bits per heavy atom. The van der Waals surface area contributed by atoms with Crippen LogP contribution in [0.25, 0.3) is 0 Å². The van der Waals surface area contributed by atoms with Crippen LogP contribution in [0.5, 0.6) is 0 Å². The largest absolute Gasteiger partial charge is 0.464 e. The second-order valence-electron chi connectivity index (χ2n) is 3.44. The van der Waals surface area contributed by atoms with Crippen molar-refractivity contribution in [2.45, 2.75) is 23.6 Å². The molecule has 1 N–H and O–H groups in total. The summed E-state index contributed by atoms with van der Waals surface area (Å²) in [5.41, 5.74) is 1.09. The van der Waals surface area contributed by atoms with E-state index in [1.807, 2.05) is 26.1 Å². The molecule has 0 aliphatic rings. The molecule has 86 valence electrons. The molecule has 5 heteroatoms. The zero-order chi connectivity index (χ0) is 11.4. The number of aromatic nitrogens is 1. The summed E-state index contributed by atoms with van der Waals surface area (Å²) in [4.78, 5) is 4.40. The van der Waals surface area contributed by atoms with Crippen molar-refractivity contribution in [1.29, 1.82) is 0 Å². The van der Waals surface area contributed by atoms with Gasteiger partial charge < -0.3 is 9.73 Å². The number of aryl methyl sites for hydroxylation is 1. The van der Waals surface area contributed by atoms with Gasteiger partial charge in [0.15, 0.2) is 4.34 Å². The maximum atomic E-state index is 5.65. The lowest BCUT2D eigenvalue weighted by Gasteiger charge is -1.95. The van der Waals surface area contributed by atoms with Crippen LogP contribution >= 0.6 is 23.1 Å². The highest BCUT2D eigenvalue weighted by Crippen LogP contribution is 2.26. The van der Waals surface area contributed by atoms with Gasteiger partial charge in [-0.1, -0.05) is 11.8 Å². The molecule has 3 nitrogen and oxygen atoms in total. The topological polar surface area (TPSA) is 38.1 Å². The second-order valence-corrected chi connectivity index (χ2v) is 5.52. The predicted molar refractivity (Wildman–Crippen MR) is 67.9 cm³/mol. The van der Waals surface area contributed by atoms with Crippen molar-refractivity contribution in [2.75, 3.05) is 7.05 Å². The fraction of sp³-hybridized carbons (Fsp3) is 0.364. The zero-order valence-corrected chi connectivity index (χ0v) is 11.0. The highest BCUT2D eigenvalue weighted by atomic mass is 32.2. The van der Waals surface area contributed by atoms with Gasteiger partial charge in [-0.25, -0.2) is 4.98 Å². The smallest absolute Gasteiger partial charge is 0.150 e. The Morgan fingerprint density at radius 2 is 2.25 bits per heavy atom. The number of thiazole rings is 1. The minimum absolute atomic E-state index is 0.779. The van der Waals surface area contributed by atoms with Crippen molar-refractivity contribution in [3.05, 3.63) is 34.7 Å². The second kappa shape index (κ2) is 5.52. The number of rotatable bonds is 5. The molecule has 0 aromatic carbocycles. The highest BCUT2D eigenvalue weighted by molar-refractivity contribution is 8.00. The molecule has 16 heavy (non-hydrogen) atoms. The van der Waals surface area contributed by atoms with E-state index >= 15 is 0 Å². The average Bonchev–Trinajstić information content (AvgIpc) is 2.85. The average molecular weight is 254 g/mol. The van der Waals surface area contributed by atoms with E-state index in [-0.39, 0.29) is 0 Å². The Hall–Kier alpha value is -0.780. The number of nitrogens with one attached hydrogen (secondary N) is 1. The molecule has 2 rings (SSSR count). The summed E-state index contributed by atoms with van der Waals surface area (Å²) in [7, 11) is 1.91. The van der Waals surface area contributed by atoms with Crippen molar-refractivity contribution in [2.24, 2.45) is 0 Å². The van der Waals surface area contributed by atoms with Gasteiger partial charge in [0.05, 0.1) is 12.3 Å². The van der Waals surface area contributed by atoms with Gasteiger partial charge in [-0.15, -0.1) is 11.3 Å². The molecule has 0 atom stereocenters. The maximum absolute atomic E-state index is 5.65. The molecule has 0 saturated carbocycles. The van der Waals surface area contributed by atoms with E-state index in [0.717, 1.165) is 33.9 Å². The van der Waals surface area contributed by atoms with E-state index in [4.69, 9.17) is 4.42 Å². The number of hydrogen-bond donors (Lipinski definition) is 1. The summed E-state index contributed by atoms with van der Waals surface area (Å²) in [5, 5.41) is 5.13. The first-order valence-corrected chi connectivity index (χ1v) is 6.91. The lowest BCUT2D eigenvalue weighted by atomic mass is 10.4. The summed E-state index contributed by atoms with van der Waals surface area (Å²) >= 11 is 3.40. The fourth-order valence-corrected chi connectivity index (χ4v) is 3.04. The third-order valence-electron chi connectivity index (χ3n) is 2.00. The van der Waals surface area contributed by atoms with E-state index < -0.39 is 0 Å². The summed E-state index contributed by atoms with van der Waals surface area (Å²) in [5.74, 6) is 2.83. The van der Waals surface area contributed by atoms with Crippen LogP contribution in [-0.2, 0) is 12.3 Å². The molecule has 2 aromatic heterocycles. The first-order valence-electron chi connectivity index (χ1n) is 5.05. The van der Waals surface area contributed by atoms with E-state index in [0.29, 0.717) is 0 Å². The Kier molecular flexibility index (Phi) is 4.04. The first-order chi connectivity index (χ1) is 7.78. The summed E-state index contributed by atoms with van der Waals surface area (Å²) in [6.45, 7) is 2.79. The fourth-order valence-electron chi connectivity index (χ4n) is 1.30. The van der Waals surface area contributed by atoms with Crippen molar-refractivity contribution < 1.29 is 4.42 Å². The molecular weight excluding hydrogens is 240 g/mol. The van der Waals surface area contributed by atoms with Gasteiger partial charge in [-0.3, -0.25) is 0 Å². The Balaban J connectivity index is 1.89. The zero-order valence-electron chi connectivity index (χ0n) is 9.32. The first kappa shape index (κ1) is 11.7. The van der Waals surface area contributed by atoms with Gasteiger partial charge in [0, 0.05) is 11.1 Å². The molecule has 0 spiro atoms. The molecule has 0 bridgehead atoms. The van der Waals surface area contributed by atoms with Crippen LogP contribution in [0.3, 0.4) is 0 Å². The monoisotopic (exact) mass is 254 g/mol. The summed E-state index contributed by atoms with van der Waals surface area (Å²) in [6.07, 6.45) is 0. The molecule has 0 unspecified atom stereocenters. The molecule has 0 saturated heterocycles. The number of hydrogen-bond acceptors (Lipinski definition) is 5. The standard InChI is InChI=1S/C11H14N2OS2/c1-8-6-15-11(13-8)16-7-10-4-3-9(14-10)5-12-2/h3-4,6,12H,5,7H2,1-2H3. The van der Waals surface area contributed by atoms with E-state index in [9.17, 15) is 0 Å². The van der Waals surface area contributed by atoms with Crippen LogP contribution in [0.1, 0.15) is 17.2 Å². The number of furan rings is 1. The Bertz CT molecular complexity index is 450. The lowest BCUT2D eigenvalue weighted by molar-refractivity contribution is 0.469. The van der Waals surface area contributed by atoms with Crippen molar-refractivity contribution >= 4 is 23.1 Å². The third-order valence-corrected chi connectivity index (χ3v) is 4.17. The SMILES string of the molecule is CNCc1ccc(CSc2nc(C)cs2)o1. The molecule has 2 heterocycles. The van der Waals surface area contributed by atoms with Crippen LogP contribution < -0.4 is 5.32 Å². The van der Waals surface area contributed by atoms with Gasteiger partial charge in [-0.2, -0.15) is 0 Å². The summed E-state index contributed by atoms with van der Waals surface area (Å²) in [6, 6.07) is 4.04. The predicted octanol–water partition coefficient (Wildman–Crippen LogP) is 3.06. The van der Waals surface area contributed by atoms with Gasteiger partial charge in [0.2, 0.25) is 0 Å². The minimum Gasteiger partial charge on any atom is -0.464 e. The van der Waals surface area contributed by atoms with Crippen LogP contribution in [0.2, 0.25) is 0 Å². The Labute approximate surface area is 103 Å². The van der Waals surface area contributed by atoms with Crippen molar-refractivity contribution in [1.82, 2.24) is 10.3 Å². The van der Waals surface area contributed by atoms with Crippen LogP contribution in [0.4, 0.5) is 0 Å². The number of nitrogens with zero attached hydrogens (tertiary/aromatic N) is 1. The van der Waals surface area contributed by atoms with Crippen molar-refractivity contribution in [3.8, 4) is 0 Å². The quantitative estimate of drug-likeness (QED) is 0.832. The minimum atomic E-state index is 0.779. The van der Waals surface area contributed by atoms with Crippen LogP contribution in [-0.4, -0.2) is 12.0 Å². The molecule has 0 radical (unpaired) electrons. The number of thioether (sulfide) groups is 1. The van der Waals surface area contributed by atoms with Crippen molar-refractivity contribution in [3.63, 3.8) is 0 Å². The van der Waals surface area contributed by atoms with E-state index in [2.05, 4.69) is 15.7 Å². The molecular formula is C11H14N2OS2. The third kappa shape index (κ3) is 3.10. The maximum Gasteiger partial charge on any atom is 0.150 e. The lowest BCUT2D eigenvalue weighted by Crippen LogP contribution is -2.03. The van der Waals surface area contributed by atoms with Crippen LogP contribution in [0.15, 0.2) is 26.3 Å². The van der Waals surface area contributed by atoms with Gasteiger partial charge in [0.1, 0.15) is 11.5 Å². The molecule has 0 aliphatic carbocycles. The van der Waals surface area contributed by atoms with Gasteiger partial charge >= 0.3 is 0 Å². The highest BCUT2D eigenvalue weighted by Gasteiger charge is 2.04. The van der Waals surface area contributed by atoms with Gasteiger partial charge in [0.25, 0.3) is 0 Å². The Morgan fingerprint density at radius 3 is 2.94 bits per heavy atom. The van der Waals surface area contributed by atoms with E-state index in [1.54, 1.807) is 23.1 Å². The molecule has 0 amide bonds. The normalized spacial score (nSPS) is 10.9. The molecule has 0 aliphatic heterocycles. The summed E-state index contributed by atoms with van der Waals surface area (Å²) < 4.78 is 6.75. The molecule has 0 fully saturated rings. The van der Waals surface area contributed by atoms with Gasteiger partial charge in [-0.05, 0) is 26.1 Å². The van der Waals surface area contributed by atoms with Crippen LogP contribution in [0, 0.1) is 6.92 Å².